The second-order valence-electron chi connectivity index (χ2n) is 11.9. The van der Waals surface area contributed by atoms with Gasteiger partial charge in [-0.25, -0.2) is 0 Å². The summed E-state index contributed by atoms with van der Waals surface area (Å²) in [6.45, 7) is -1.27. The average Bonchev–Trinajstić information content (AvgIpc) is 3.47. The Morgan fingerprint density at radius 3 is 2.14 bits per heavy atom. The van der Waals surface area contributed by atoms with Crippen LogP contribution in [0.2, 0.25) is 42.8 Å². The number of benzene rings is 1. The molecule has 0 saturated carbocycles. The van der Waals surface area contributed by atoms with E-state index in [0.717, 1.165) is 13.9 Å². The van der Waals surface area contributed by atoms with E-state index >= 15 is 0 Å². The Morgan fingerprint density at radius 1 is 1.05 bits per heavy atom. The van der Waals surface area contributed by atoms with Crippen molar-refractivity contribution in [3.63, 3.8) is 0 Å². The number of allylic oxidation sites excluding steroid dienone is 1. The van der Waals surface area contributed by atoms with Crippen LogP contribution in [0.1, 0.15) is 12.5 Å². The van der Waals surface area contributed by atoms with Gasteiger partial charge >= 0.3 is 113 Å². The molecule has 0 N–H and O–H groups in total. The van der Waals surface area contributed by atoms with E-state index < -0.39 is 6.51 Å². The first kappa shape index (κ1) is 8.16. The van der Waals surface area contributed by atoms with Crippen molar-refractivity contribution in [3.8, 4) is 0 Å². The molecule has 11 rings (SSSR count). The van der Waals surface area contributed by atoms with E-state index in [-0.39, 0.29) is 0 Å². The quantitative estimate of drug-likeness (QED) is 0.574. The zero-order chi connectivity index (χ0) is 13.3. The van der Waals surface area contributed by atoms with Crippen molar-refractivity contribution < 1.29 is 11.3 Å². The molecule has 0 amide bonds. The molecule has 0 aliphatic carbocycles. The molecule has 5 unspecified atom stereocenters. The second kappa shape index (κ2) is 0.747. The Bertz CT molecular complexity index is 1340. The van der Waals surface area contributed by atoms with Crippen molar-refractivity contribution in [1.82, 2.24) is 0 Å². The summed E-state index contributed by atoms with van der Waals surface area (Å²) in [5.74, 6) is 2.46. The number of rotatable bonds is 2. The van der Waals surface area contributed by atoms with Gasteiger partial charge in [0, 0.05) is 0 Å². The minimum atomic E-state index is -3.45. The second-order valence-corrected chi connectivity index (χ2v) is 35.1. The topological polar surface area (TPSA) is 17.1 Å². The van der Waals surface area contributed by atoms with Crippen molar-refractivity contribution in [2.75, 3.05) is 0 Å². The van der Waals surface area contributed by atoms with Gasteiger partial charge in [0.05, 0.1) is 0 Å². The van der Waals surface area contributed by atoms with Crippen LogP contribution in [0.3, 0.4) is 0 Å². The molecule has 1 spiro atoms. The molecule has 1 nitrogen and oxygen atoms in total. The summed E-state index contributed by atoms with van der Waals surface area (Å²) in [7, 11) is 0. The fourth-order valence-corrected chi connectivity index (χ4v) is 95.9. The third kappa shape index (κ3) is 0.0928. The van der Waals surface area contributed by atoms with Crippen LogP contribution in [-0.2, 0) is 15.6 Å². The molecule has 1 aromatic rings. The Labute approximate surface area is 113 Å². The molecule has 10 aliphatic rings. The normalized spacial score (nSPS) is 102. The Balaban J connectivity index is 1.54. The first-order valence-corrected chi connectivity index (χ1v) is 14.7. The van der Waals surface area contributed by atoms with Gasteiger partial charge in [-0.05, 0) is 0 Å². The Kier molecular flexibility index (Phi) is 0.290. The van der Waals surface area contributed by atoms with Crippen LogP contribution in [0.15, 0.2) is 35.9 Å². The van der Waals surface area contributed by atoms with Crippen LogP contribution in [0, 0.1) is 0 Å². The molecular weight excluding hydrogens is 300 g/mol. The molecule has 1 aromatic carbocycles. The summed E-state index contributed by atoms with van der Waals surface area (Å²) in [6.07, 6.45) is 0. The van der Waals surface area contributed by atoms with E-state index in [2.05, 4.69) is 43.2 Å². The molecule has 10 fully saturated rings. The van der Waals surface area contributed by atoms with Gasteiger partial charge in [-0.2, -0.15) is 0 Å². The van der Waals surface area contributed by atoms with Gasteiger partial charge in [-0.3, -0.25) is 0 Å². The standard InChI is InChI=1S/C14H11O.C5H5.Fe/c1-11(10-15)13-7-8-14(9-13)12-5-3-2-4-6-12;1-2-4-5-3-1;/h2-9H,1H3;1-5H;. The number of fused-ring (bicyclic) bond motifs is 10. The van der Waals surface area contributed by atoms with Gasteiger partial charge in [0.25, 0.3) is 0 Å². The Morgan fingerprint density at radius 2 is 1.67 bits per heavy atom. The summed E-state index contributed by atoms with van der Waals surface area (Å²) < 4.78 is 1.29. The van der Waals surface area contributed by atoms with E-state index in [9.17, 15) is 4.79 Å². The van der Waals surface area contributed by atoms with Crippen molar-refractivity contribution in [1.29, 1.82) is 0 Å². The first-order chi connectivity index (χ1) is 10.0. The van der Waals surface area contributed by atoms with Crippen LogP contribution in [0.4, 0.5) is 0 Å². The molecule has 0 bridgehead atoms. The van der Waals surface area contributed by atoms with Crippen LogP contribution in [-0.4, -0.2) is 5.94 Å². The van der Waals surface area contributed by atoms with Gasteiger partial charge < -0.3 is 0 Å². The fourth-order valence-electron chi connectivity index (χ4n) is 19.1. The summed E-state index contributed by atoms with van der Waals surface area (Å²) >= 11 is 0. The van der Waals surface area contributed by atoms with Gasteiger partial charge in [0.2, 0.25) is 0 Å². The van der Waals surface area contributed by atoms with Crippen molar-refractivity contribution in [2.24, 2.45) is 0 Å². The van der Waals surface area contributed by atoms with E-state index in [1.165, 1.54) is 34.5 Å². The van der Waals surface area contributed by atoms with Gasteiger partial charge in [0.1, 0.15) is 0 Å². The van der Waals surface area contributed by atoms with E-state index in [1.807, 2.05) is 0 Å². The van der Waals surface area contributed by atoms with Crippen LogP contribution in [0.5, 0.6) is 0 Å². The molecule has 21 heavy (non-hydrogen) atoms. The summed E-state index contributed by atoms with van der Waals surface area (Å²) in [6, 6.07) is 11.7. The van der Waals surface area contributed by atoms with Gasteiger partial charge in [0.15, 0.2) is 0 Å². The number of hydrogen-bond donors (Lipinski definition) is 0. The van der Waals surface area contributed by atoms with E-state index in [0.29, 0.717) is 4.31 Å². The number of carbonyl (C=O) groups excluding carboxylic acids is 1. The van der Waals surface area contributed by atoms with Gasteiger partial charge in [-0.15, -0.1) is 0 Å². The summed E-state index contributed by atoms with van der Waals surface area (Å²) in [5, 5.41) is 0. The molecule has 0 radical (unpaired) electrons. The maximum atomic E-state index is 11.7. The zero-order valence-corrected chi connectivity index (χ0v) is 12.9. The molecule has 0 aromatic heterocycles. The molecule has 106 valence electrons. The van der Waals surface area contributed by atoms with E-state index in [1.54, 1.807) is 5.56 Å². The number of hydrogen-bond acceptors (Lipinski definition) is 1. The van der Waals surface area contributed by atoms with Crippen LogP contribution in [0.25, 0.3) is 0 Å². The predicted octanol–water partition coefficient (Wildman–Crippen LogP) is 4.63. The van der Waals surface area contributed by atoms with Crippen molar-refractivity contribution in [3.05, 3.63) is 41.5 Å². The molecule has 5 atom stereocenters. The maximum absolute atomic E-state index is 11.7. The van der Waals surface area contributed by atoms with E-state index in [4.69, 9.17) is 0 Å². The monoisotopic (exact) mass is 316 g/mol. The molecule has 10 heterocycles. The van der Waals surface area contributed by atoms with Crippen LogP contribution < -0.4 is 0 Å². The van der Waals surface area contributed by atoms with Gasteiger partial charge in [-0.1, -0.05) is 0 Å². The minimum absolute atomic E-state index is 0.561. The van der Waals surface area contributed by atoms with Crippen molar-refractivity contribution in [2.45, 2.75) is 54.1 Å². The van der Waals surface area contributed by atoms with Crippen LogP contribution >= 0.6 is 0 Å². The predicted molar refractivity (Wildman–Crippen MR) is 75.7 cm³/mol. The summed E-state index contributed by atoms with van der Waals surface area (Å²) in [5.41, 5.74) is 2.97. The summed E-state index contributed by atoms with van der Waals surface area (Å²) in [4.78, 5) is 21.2. The fraction of sp³-hybridized carbons (Fsp3) is 0.579. The SMILES string of the molecule is CC(=C=O)[C]12[CH]3[CH]4[C]5(c6ccccc6)[CH]1[Fe]34251678[CH]2[CH]1[CH]6[CH]7[CH]28. The third-order valence-corrected chi connectivity index (χ3v) is 59.6. The third-order valence-electron chi connectivity index (χ3n) is 16.7. The molecular formula is C19H16FeO. The molecule has 2 heteroatoms. The van der Waals surface area contributed by atoms with Crippen molar-refractivity contribution >= 4 is 5.94 Å². The Hall–Kier alpha value is -0.811. The first-order valence-electron chi connectivity index (χ1n) is 8.51. The zero-order valence-electron chi connectivity index (χ0n) is 11.8. The molecule has 10 saturated heterocycles. The molecule has 10 aliphatic heterocycles. The average molecular weight is 316 g/mol.